The number of hydrogen-bond donors (Lipinski definition) is 0. The molecule has 0 aromatic carbocycles. The number of carbonyl (C=O) groups excluding carboxylic acids is 1. The average molecular weight is 238 g/mol. The standard InChI is InChI=1S/C13H22N2O2/c1-5-17-13(16)12-11(2)7-10-15(12)9-6-8-14(3)4/h7,10H,5-6,8-9H2,1-4H3. The lowest BCUT2D eigenvalue weighted by Crippen LogP contribution is -2.17. The SMILES string of the molecule is CCOC(=O)c1c(C)ccn1CCCN(C)C. The zero-order valence-electron chi connectivity index (χ0n) is 11.2. The van der Waals surface area contributed by atoms with Crippen molar-refractivity contribution >= 4 is 5.97 Å². The molecule has 0 atom stereocenters. The molecule has 0 N–H and O–H groups in total. The number of nitrogens with zero attached hydrogens (tertiary/aromatic N) is 2. The molecule has 0 aliphatic heterocycles. The Morgan fingerprint density at radius 2 is 2.18 bits per heavy atom. The normalized spacial score (nSPS) is 10.9. The molecule has 1 aromatic rings. The van der Waals surface area contributed by atoms with Crippen molar-refractivity contribution in [1.82, 2.24) is 9.47 Å². The fourth-order valence-electron chi connectivity index (χ4n) is 1.80. The Labute approximate surface area is 103 Å². The number of aromatic nitrogens is 1. The van der Waals surface area contributed by atoms with Gasteiger partial charge < -0.3 is 14.2 Å². The molecule has 1 rings (SSSR count). The van der Waals surface area contributed by atoms with Gasteiger partial charge in [-0.3, -0.25) is 0 Å². The molecule has 0 saturated carbocycles. The minimum atomic E-state index is -0.222. The first-order valence-electron chi connectivity index (χ1n) is 6.03. The quantitative estimate of drug-likeness (QED) is 0.710. The Balaban J connectivity index is 2.69. The van der Waals surface area contributed by atoms with Crippen LogP contribution >= 0.6 is 0 Å². The minimum absolute atomic E-state index is 0.222. The van der Waals surface area contributed by atoms with E-state index in [1.807, 2.05) is 44.8 Å². The van der Waals surface area contributed by atoms with Crippen molar-refractivity contribution in [2.75, 3.05) is 27.2 Å². The van der Waals surface area contributed by atoms with Crippen LogP contribution in [-0.4, -0.2) is 42.7 Å². The lowest BCUT2D eigenvalue weighted by Gasteiger charge is -2.12. The van der Waals surface area contributed by atoms with Gasteiger partial charge in [-0.05, 0) is 52.5 Å². The van der Waals surface area contributed by atoms with Gasteiger partial charge >= 0.3 is 5.97 Å². The third-order valence-corrected chi connectivity index (χ3v) is 2.64. The Morgan fingerprint density at radius 1 is 1.47 bits per heavy atom. The van der Waals surface area contributed by atoms with Crippen molar-refractivity contribution in [3.63, 3.8) is 0 Å². The van der Waals surface area contributed by atoms with E-state index in [0.29, 0.717) is 12.3 Å². The van der Waals surface area contributed by atoms with Crippen LogP contribution in [0.25, 0.3) is 0 Å². The van der Waals surface area contributed by atoms with Gasteiger partial charge in [-0.15, -0.1) is 0 Å². The molecule has 0 aliphatic rings. The molecule has 96 valence electrons. The number of esters is 1. The van der Waals surface area contributed by atoms with Crippen LogP contribution in [-0.2, 0) is 11.3 Å². The maximum absolute atomic E-state index is 11.8. The number of rotatable bonds is 6. The highest BCUT2D eigenvalue weighted by Crippen LogP contribution is 2.12. The Hall–Kier alpha value is -1.29. The van der Waals surface area contributed by atoms with E-state index in [0.717, 1.165) is 25.1 Å². The van der Waals surface area contributed by atoms with E-state index in [9.17, 15) is 4.79 Å². The third kappa shape index (κ3) is 3.89. The van der Waals surface area contributed by atoms with Gasteiger partial charge in [0.25, 0.3) is 0 Å². The maximum Gasteiger partial charge on any atom is 0.355 e. The molecule has 0 fully saturated rings. The third-order valence-electron chi connectivity index (χ3n) is 2.64. The number of ether oxygens (including phenoxy) is 1. The van der Waals surface area contributed by atoms with Crippen LogP contribution < -0.4 is 0 Å². The van der Waals surface area contributed by atoms with E-state index in [-0.39, 0.29) is 5.97 Å². The highest BCUT2D eigenvalue weighted by Gasteiger charge is 2.15. The van der Waals surface area contributed by atoms with Gasteiger partial charge in [0, 0.05) is 12.7 Å². The van der Waals surface area contributed by atoms with Crippen LogP contribution in [0, 0.1) is 6.92 Å². The molecule has 0 amide bonds. The highest BCUT2D eigenvalue weighted by molar-refractivity contribution is 5.89. The molecule has 0 unspecified atom stereocenters. The molecule has 0 aliphatic carbocycles. The molecule has 1 heterocycles. The van der Waals surface area contributed by atoms with E-state index < -0.39 is 0 Å². The summed E-state index contributed by atoms with van der Waals surface area (Å²) in [7, 11) is 4.10. The van der Waals surface area contributed by atoms with Crippen LogP contribution in [0.15, 0.2) is 12.3 Å². The summed E-state index contributed by atoms with van der Waals surface area (Å²) in [5.41, 5.74) is 1.67. The van der Waals surface area contributed by atoms with Crippen LogP contribution in [0.2, 0.25) is 0 Å². The summed E-state index contributed by atoms with van der Waals surface area (Å²) in [6.45, 7) is 6.04. The highest BCUT2D eigenvalue weighted by atomic mass is 16.5. The van der Waals surface area contributed by atoms with Gasteiger partial charge in [0.05, 0.1) is 6.61 Å². The van der Waals surface area contributed by atoms with Crippen molar-refractivity contribution < 1.29 is 9.53 Å². The van der Waals surface area contributed by atoms with Gasteiger partial charge in [-0.2, -0.15) is 0 Å². The van der Waals surface area contributed by atoms with Crippen molar-refractivity contribution in [2.24, 2.45) is 0 Å². The van der Waals surface area contributed by atoms with Crippen LogP contribution in [0.5, 0.6) is 0 Å². The summed E-state index contributed by atoms with van der Waals surface area (Å²) in [6, 6.07) is 1.96. The smallest absolute Gasteiger partial charge is 0.355 e. The van der Waals surface area contributed by atoms with Crippen molar-refractivity contribution in [3.05, 3.63) is 23.5 Å². The lowest BCUT2D eigenvalue weighted by atomic mass is 10.2. The summed E-state index contributed by atoms with van der Waals surface area (Å²) < 4.78 is 7.05. The number of carbonyl (C=O) groups is 1. The van der Waals surface area contributed by atoms with Crippen molar-refractivity contribution in [1.29, 1.82) is 0 Å². The largest absolute Gasteiger partial charge is 0.461 e. The predicted octanol–water partition coefficient (Wildman–Crippen LogP) is 1.92. The van der Waals surface area contributed by atoms with Gasteiger partial charge in [-0.25, -0.2) is 4.79 Å². The summed E-state index contributed by atoms with van der Waals surface area (Å²) in [5, 5.41) is 0. The van der Waals surface area contributed by atoms with Gasteiger partial charge in [-0.1, -0.05) is 0 Å². The maximum atomic E-state index is 11.8. The fourth-order valence-corrected chi connectivity index (χ4v) is 1.80. The zero-order chi connectivity index (χ0) is 12.8. The fraction of sp³-hybridized carbons (Fsp3) is 0.615. The van der Waals surface area contributed by atoms with E-state index >= 15 is 0 Å². The summed E-state index contributed by atoms with van der Waals surface area (Å²) in [4.78, 5) is 13.9. The predicted molar refractivity (Wildman–Crippen MR) is 68.3 cm³/mol. The van der Waals surface area contributed by atoms with Gasteiger partial charge in [0.1, 0.15) is 5.69 Å². The molecule has 0 bridgehead atoms. The first kappa shape index (κ1) is 13.8. The molecule has 0 spiro atoms. The summed E-state index contributed by atoms with van der Waals surface area (Å²) in [6.07, 6.45) is 2.98. The van der Waals surface area contributed by atoms with Crippen LogP contribution in [0.1, 0.15) is 29.4 Å². The second-order valence-electron chi connectivity index (χ2n) is 4.42. The lowest BCUT2D eigenvalue weighted by molar-refractivity contribution is 0.0512. The molecular formula is C13H22N2O2. The summed E-state index contributed by atoms with van der Waals surface area (Å²) >= 11 is 0. The van der Waals surface area contributed by atoms with Gasteiger partial charge in [0.2, 0.25) is 0 Å². The minimum Gasteiger partial charge on any atom is -0.461 e. The molecular weight excluding hydrogens is 216 g/mol. The van der Waals surface area contributed by atoms with E-state index in [1.165, 1.54) is 0 Å². The zero-order valence-corrected chi connectivity index (χ0v) is 11.2. The molecule has 4 nitrogen and oxygen atoms in total. The van der Waals surface area contributed by atoms with E-state index in [1.54, 1.807) is 0 Å². The average Bonchev–Trinajstić information content (AvgIpc) is 2.60. The molecule has 1 aromatic heterocycles. The topological polar surface area (TPSA) is 34.5 Å². The van der Waals surface area contributed by atoms with Crippen LogP contribution in [0.3, 0.4) is 0 Å². The van der Waals surface area contributed by atoms with Gasteiger partial charge in [0.15, 0.2) is 0 Å². The molecule has 4 heteroatoms. The first-order chi connectivity index (χ1) is 8.06. The summed E-state index contributed by atoms with van der Waals surface area (Å²) in [5.74, 6) is -0.222. The first-order valence-corrected chi connectivity index (χ1v) is 6.03. The van der Waals surface area contributed by atoms with Crippen LogP contribution in [0.4, 0.5) is 0 Å². The molecule has 0 saturated heterocycles. The van der Waals surface area contributed by atoms with Crippen molar-refractivity contribution in [3.8, 4) is 0 Å². The Morgan fingerprint density at radius 3 is 2.76 bits per heavy atom. The van der Waals surface area contributed by atoms with E-state index in [4.69, 9.17) is 4.74 Å². The number of aryl methyl sites for hydroxylation is 2. The second kappa shape index (κ2) is 6.45. The molecule has 17 heavy (non-hydrogen) atoms. The number of hydrogen-bond acceptors (Lipinski definition) is 3. The van der Waals surface area contributed by atoms with E-state index in [2.05, 4.69) is 4.90 Å². The van der Waals surface area contributed by atoms with Crippen molar-refractivity contribution in [2.45, 2.75) is 26.8 Å². The monoisotopic (exact) mass is 238 g/mol. The molecule has 0 radical (unpaired) electrons. The Kier molecular flexibility index (Phi) is 5.22. The second-order valence-corrected chi connectivity index (χ2v) is 4.42. The Bertz CT molecular complexity index is 369.